The van der Waals surface area contributed by atoms with Crippen molar-refractivity contribution in [3.63, 3.8) is 0 Å². The van der Waals surface area contributed by atoms with E-state index in [1.165, 1.54) is 0 Å². The minimum atomic E-state index is -0.910. The molecule has 1 aromatic carbocycles. The van der Waals surface area contributed by atoms with Gasteiger partial charge in [-0.3, -0.25) is 9.59 Å². The summed E-state index contributed by atoms with van der Waals surface area (Å²) in [6.07, 6.45) is 0.705. The lowest BCUT2D eigenvalue weighted by atomic mass is 9.51. The number of benzene rings is 1. The maximum Gasteiger partial charge on any atom is 0.230 e. The lowest BCUT2D eigenvalue weighted by molar-refractivity contribution is -0.172. The fourth-order valence-electron chi connectivity index (χ4n) is 4.62. The molecule has 2 bridgehead atoms. The Balaban J connectivity index is 1.89. The SMILES string of the molecule is CC1(C(=O)Nc2ccccc2)CC2(C)CC(C)(C1)C(O)NC2=O. The van der Waals surface area contributed by atoms with Gasteiger partial charge in [-0.25, -0.2) is 0 Å². The van der Waals surface area contributed by atoms with Crippen LogP contribution in [0.4, 0.5) is 5.69 Å². The maximum atomic E-state index is 12.9. The average molecular weight is 316 g/mol. The molecule has 0 aromatic heterocycles. The van der Waals surface area contributed by atoms with E-state index in [2.05, 4.69) is 10.6 Å². The Hall–Kier alpha value is -1.88. The topological polar surface area (TPSA) is 78.4 Å². The van der Waals surface area contributed by atoms with Gasteiger partial charge in [0.2, 0.25) is 11.8 Å². The number of hydrogen-bond acceptors (Lipinski definition) is 3. The molecule has 2 fully saturated rings. The Morgan fingerprint density at radius 1 is 1.17 bits per heavy atom. The van der Waals surface area contributed by atoms with Crippen LogP contribution in [0.15, 0.2) is 30.3 Å². The van der Waals surface area contributed by atoms with Gasteiger partial charge in [-0.1, -0.05) is 39.0 Å². The summed E-state index contributed by atoms with van der Waals surface area (Å²) in [4.78, 5) is 25.2. The second kappa shape index (κ2) is 5.06. The highest BCUT2D eigenvalue weighted by atomic mass is 16.3. The number of aliphatic hydroxyl groups is 1. The van der Waals surface area contributed by atoms with Crippen molar-refractivity contribution in [2.75, 3.05) is 5.32 Å². The van der Waals surface area contributed by atoms with Gasteiger partial charge in [0.1, 0.15) is 6.23 Å². The first-order chi connectivity index (χ1) is 10.7. The van der Waals surface area contributed by atoms with Crippen LogP contribution in [0.5, 0.6) is 0 Å². The zero-order valence-electron chi connectivity index (χ0n) is 13.8. The Labute approximate surface area is 136 Å². The number of fused-ring (bicyclic) bond motifs is 2. The third-order valence-corrected chi connectivity index (χ3v) is 5.42. The molecule has 2 aliphatic rings. The third kappa shape index (κ3) is 2.63. The summed E-state index contributed by atoms with van der Waals surface area (Å²) < 4.78 is 0. The Morgan fingerprint density at radius 3 is 2.48 bits per heavy atom. The number of carbonyl (C=O) groups excluding carboxylic acids is 2. The molecule has 4 unspecified atom stereocenters. The fourth-order valence-corrected chi connectivity index (χ4v) is 4.62. The molecule has 1 aliphatic carbocycles. The maximum absolute atomic E-state index is 12.9. The largest absolute Gasteiger partial charge is 0.373 e. The number of anilines is 1. The summed E-state index contributed by atoms with van der Waals surface area (Å²) >= 11 is 0. The predicted molar refractivity (Wildman–Crippen MR) is 87.4 cm³/mol. The van der Waals surface area contributed by atoms with E-state index in [1.54, 1.807) is 0 Å². The summed E-state index contributed by atoms with van der Waals surface area (Å²) in [7, 11) is 0. The molecule has 1 aromatic rings. The van der Waals surface area contributed by atoms with Crippen LogP contribution in [0.3, 0.4) is 0 Å². The van der Waals surface area contributed by atoms with Crippen LogP contribution in [-0.2, 0) is 9.59 Å². The average Bonchev–Trinajstić information content (AvgIpc) is 2.45. The van der Waals surface area contributed by atoms with E-state index in [9.17, 15) is 14.7 Å². The van der Waals surface area contributed by atoms with Crippen LogP contribution in [0, 0.1) is 16.2 Å². The van der Waals surface area contributed by atoms with Gasteiger partial charge in [-0.2, -0.15) is 0 Å². The summed E-state index contributed by atoms with van der Waals surface area (Å²) in [5.74, 6) is -0.260. The summed E-state index contributed by atoms with van der Waals surface area (Å²) in [5.41, 5.74) is -1.08. The molecule has 5 nitrogen and oxygen atoms in total. The van der Waals surface area contributed by atoms with Gasteiger partial charge in [0, 0.05) is 21.9 Å². The lowest BCUT2D eigenvalue weighted by Gasteiger charge is -2.56. The zero-order chi connectivity index (χ0) is 16.9. The Morgan fingerprint density at radius 2 is 1.83 bits per heavy atom. The highest BCUT2D eigenvalue weighted by Crippen LogP contribution is 2.57. The molecule has 2 amide bonds. The molecular formula is C18H24N2O3. The van der Waals surface area contributed by atoms with Crippen molar-refractivity contribution in [2.24, 2.45) is 16.2 Å². The first-order valence-electron chi connectivity index (χ1n) is 8.03. The van der Waals surface area contributed by atoms with Gasteiger partial charge in [0.05, 0.1) is 0 Å². The minimum Gasteiger partial charge on any atom is -0.373 e. The molecule has 1 aliphatic heterocycles. The summed E-state index contributed by atoms with van der Waals surface area (Å²) in [5, 5.41) is 15.9. The standard InChI is InChI=1S/C18H24N2O3/c1-16(13(21)19-12-7-5-4-6-8-12)9-17(2)11-18(3,10-16)15(23)20-14(17)22/h4-8,14,22H,9-11H2,1-3H3,(H,19,21)(H,20,23). The minimum absolute atomic E-state index is 0.0947. The summed E-state index contributed by atoms with van der Waals surface area (Å²) in [6, 6.07) is 9.32. The van der Waals surface area contributed by atoms with Crippen LogP contribution in [0.25, 0.3) is 0 Å². The Kier molecular flexibility index (Phi) is 3.52. The van der Waals surface area contributed by atoms with E-state index in [-0.39, 0.29) is 11.8 Å². The number of nitrogens with one attached hydrogen (secondary N) is 2. The van der Waals surface area contributed by atoms with Crippen LogP contribution < -0.4 is 10.6 Å². The van der Waals surface area contributed by atoms with Gasteiger partial charge in [0.15, 0.2) is 0 Å². The number of aliphatic hydroxyl groups excluding tert-OH is 1. The molecule has 4 atom stereocenters. The van der Waals surface area contributed by atoms with E-state index < -0.39 is 22.5 Å². The predicted octanol–water partition coefficient (Wildman–Crippen LogP) is 2.28. The van der Waals surface area contributed by atoms with Gasteiger partial charge in [-0.05, 0) is 31.4 Å². The molecule has 1 saturated carbocycles. The Bertz CT molecular complexity index is 647. The van der Waals surface area contributed by atoms with E-state index in [0.717, 1.165) is 5.69 Å². The molecule has 5 heteroatoms. The number of hydrogen-bond donors (Lipinski definition) is 3. The van der Waals surface area contributed by atoms with Crippen molar-refractivity contribution >= 4 is 17.5 Å². The van der Waals surface area contributed by atoms with E-state index in [0.29, 0.717) is 19.3 Å². The van der Waals surface area contributed by atoms with Gasteiger partial charge >= 0.3 is 0 Å². The molecule has 0 radical (unpaired) electrons. The zero-order valence-corrected chi connectivity index (χ0v) is 13.8. The molecule has 1 saturated heterocycles. The molecule has 1 heterocycles. The van der Waals surface area contributed by atoms with Gasteiger partial charge < -0.3 is 15.7 Å². The lowest BCUT2D eigenvalue weighted by Crippen LogP contribution is -2.65. The van der Waals surface area contributed by atoms with Crippen LogP contribution in [-0.4, -0.2) is 23.1 Å². The number of carbonyl (C=O) groups is 2. The van der Waals surface area contributed by atoms with Crippen molar-refractivity contribution in [3.05, 3.63) is 30.3 Å². The number of para-hydroxylation sites is 1. The van der Waals surface area contributed by atoms with Gasteiger partial charge in [0.25, 0.3) is 0 Å². The molecule has 3 rings (SSSR count). The van der Waals surface area contributed by atoms with Crippen molar-refractivity contribution in [2.45, 2.75) is 46.3 Å². The van der Waals surface area contributed by atoms with Crippen molar-refractivity contribution < 1.29 is 14.7 Å². The van der Waals surface area contributed by atoms with Crippen molar-refractivity contribution in [1.29, 1.82) is 0 Å². The van der Waals surface area contributed by atoms with E-state index in [4.69, 9.17) is 0 Å². The van der Waals surface area contributed by atoms with Crippen LogP contribution >= 0.6 is 0 Å². The number of piperidine rings is 1. The second-order valence-corrected chi connectivity index (χ2v) is 8.00. The molecule has 23 heavy (non-hydrogen) atoms. The number of rotatable bonds is 2. The normalized spacial score (nSPS) is 39.5. The van der Waals surface area contributed by atoms with E-state index >= 15 is 0 Å². The second-order valence-electron chi connectivity index (χ2n) is 8.00. The number of amides is 2. The van der Waals surface area contributed by atoms with Gasteiger partial charge in [-0.15, -0.1) is 0 Å². The van der Waals surface area contributed by atoms with Crippen molar-refractivity contribution in [1.82, 2.24) is 5.32 Å². The molecule has 0 spiro atoms. The first-order valence-corrected chi connectivity index (χ1v) is 8.03. The van der Waals surface area contributed by atoms with Crippen molar-refractivity contribution in [3.8, 4) is 0 Å². The highest BCUT2D eigenvalue weighted by molar-refractivity contribution is 5.96. The third-order valence-electron chi connectivity index (χ3n) is 5.42. The smallest absolute Gasteiger partial charge is 0.230 e. The molecular weight excluding hydrogens is 292 g/mol. The monoisotopic (exact) mass is 316 g/mol. The quantitative estimate of drug-likeness (QED) is 0.783. The fraction of sp³-hybridized carbons (Fsp3) is 0.556. The van der Waals surface area contributed by atoms with Crippen LogP contribution in [0.2, 0.25) is 0 Å². The molecule has 3 N–H and O–H groups in total. The van der Waals surface area contributed by atoms with E-state index in [1.807, 2.05) is 51.1 Å². The first kappa shape index (κ1) is 16.0. The molecule has 124 valence electrons. The highest BCUT2D eigenvalue weighted by Gasteiger charge is 2.60. The summed E-state index contributed by atoms with van der Waals surface area (Å²) in [6.45, 7) is 5.73. The van der Waals surface area contributed by atoms with Crippen LogP contribution in [0.1, 0.15) is 40.0 Å².